The number of likely N-dealkylation sites (tertiary alicyclic amines) is 1. The molecule has 1 amide bonds. The van der Waals surface area contributed by atoms with Gasteiger partial charge in [-0.1, -0.05) is 0 Å². The predicted molar refractivity (Wildman–Crippen MR) is 93.7 cm³/mol. The van der Waals surface area contributed by atoms with E-state index in [1.165, 1.54) is 0 Å². The Morgan fingerprint density at radius 3 is 2.60 bits per heavy atom. The number of carboxylic acids is 1. The van der Waals surface area contributed by atoms with Gasteiger partial charge in [-0.2, -0.15) is 5.10 Å². The van der Waals surface area contributed by atoms with Gasteiger partial charge in [0, 0.05) is 25.2 Å². The summed E-state index contributed by atoms with van der Waals surface area (Å²) in [5, 5.41) is 13.5. The van der Waals surface area contributed by atoms with Gasteiger partial charge in [0.2, 0.25) is 0 Å². The number of hydrogen-bond acceptors (Lipinski definition) is 4. The summed E-state index contributed by atoms with van der Waals surface area (Å²) in [6, 6.07) is 0.0959. The van der Waals surface area contributed by atoms with Crippen molar-refractivity contribution in [2.45, 2.75) is 71.9 Å². The first-order valence-corrected chi connectivity index (χ1v) is 8.83. The summed E-state index contributed by atoms with van der Waals surface area (Å²) in [6.45, 7) is 10.7. The molecule has 1 atom stereocenters. The topological polar surface area (TPSA) is 84.7 Å². The maximum atomic E-state index is 12.3. The zero-order chi connectivity index (χ0) is 18.8. The number of piperidine rings is 1. The molecule has 1 aliphatic rings. The van der Waals surface area contributed by atoms with Crippen LogP contribution in [0.2, 0.25) is 0 Å². The van der Waals surface area contributed by atoms with Crippen LogP contribution in [-0.2, 0) is 16.0 Å². The van der Waals surface area contributed by atoms with Gasteiger partial charge in [-0.3, -0.25) is 9.48 Å². The van der Waals surface area contributed by atoms with Gasteiger partial charge in [0.05, 0.1) is 11.7 Å². The van der Waals surface area contributed by atoms with Crippen LogP contribution in [0.4, 0.5) is 4.79 Å². The molecule has 2 heterocycles. The summed E-state index contributed by atoms with van der Waals surface area (Å²) in [5.74, 6) is -0.805. The monoisotopic (exact) mass is 351 g/mol. The van der Waals surface area contributed by atoms with Crippen LogP contribution >= 0.6 is 0 Å². The second-order valence-electron chi connectivity index (χ2n) is 7.71. The molecule has 0 spiro atoms. The smallest absolute Gasteiger partial charge is 0.410 e. The molecule has 1 saturated heterocycles. The molecular formula is C18H29N3O4. The van der Waals surface area contributed by atoms with Gasteiger partial charge in [-0.25, -0.2) is 4.79 Å². The third-order valence-corrected chi connectivity index (χ3v) is 4.46. The lowest BCUT2D eigenvalue weighted by Gasteiger charge is -2.34. The van der Waals surface area contributed by atoms with Gasteiger partial charge in [0.15, 0.2) is 0 Å². The maximum Gasteiger partial charge on any atom is 0.410 e. The molecule has 1 fully saturated rings. The zero-order valence-electron chi connectivity index (χ0n) is 15.8. The minimum atomic E-state index is -0.805. The van der Waals surface area contributed by atoms with Crippen LogP contribution in [0.3, 0.4) is 0 Å². The number of aryl methyl sites for hydroxylation is 1. The number of rotatable bonds is 4. The Kier molecular flexibility index (Phi) is 5.75. The molecule has 1 aliphatic heterocycles. The van der Waals surface area contributed by atoms with Crippen molar-refractivity contribution in [1.82, 2.24) is 14.7 Å². The molecule has 7 heteroatoms. The molecule has 0 radical (unpaired) electrons. The van der Waals surface area contributed by atoms with Crippen molar-refractivity contribution in [2.75, 3.05) is 13.1 Å². The molecule has 0 saturated carbocycles. The second-order valence-corrected chi connectivity index (χ2v) is 7.71. The zero-order valence-corrected chi connectivity index (χ0v) is 15.8. The van der Waals surface area contributed by atoms with Crippen LogP contribution in [0, 0.1) is 13.8 Å². The summed E-state index contributed by atoms with van der Waals surface area (Å²) in [6.07, 6.45) is 2.13. The Labute approximate surface area is 148 Å². The number of carbonyl (C=O) groups excluding carboxylic acids is 1. The van der Waals surface area contributed by atoms with Gasteiger partial charge in [-0.05, 0) is 59.4 Å². The summed E-state index contributed by atoms with van der Waals surface area (Å²) in [4.78, 5) is 24.9. The first-order chi connectivity index (χ1) is 11.6. The van der Waals surface area contributed by atoms with Crippen LogP contribution in [0.1, 0.15) is 63.0 Å². The number of ether oxygens (including phenoxy) is 1. The fraction of sp³-hybridized carbons (Fsp3) is 0.722. The first kappa shape index (κ1) is 19.3. The average Bonchev–Trinajstić information content (AvgIpc) is 2.78. The molecule has 7 nitrogen and oxygen atoms in total. The highest BCUT2D eigenvalue weighted by Gasteiger charge is 2.30. The third-order valence-electron chi connectivity index (χ3n) is 4.46. The molecule has 25 heavy (non-hydrogen) atoms. The van der Waals surface area contributed by atoms with Gasteiger partial charge in [0.25, 0.3) is 0 Å². The van der Waals surface area contributed by atoms with Crippen molar-refractivity contribution in [3.8, 4) is 0 Å². The van der Waals surface area contributed by atoms with E-state index in [1.54, 1.807) is 4.90 Å². The highest BCUT2D eigenvalue weighted by Crippen LogP contribution is 2.26. The van der Waals surface area contributed by atoms with Crippen LogP contribution in [-0.4, -0.2) is 50.5 Å². The molecule has 1 aromatic heterocycles. The van der Waals surface area contributed by atoms with Crippen molar-refractivity contribution in [1.29, 1.82) is 0 Å². The van der Waals surface area contributed by atoms with E-state index < -0.39 is 11.6 Å². The van der Waals surface area contributed by atoms with E-state index in [9.17, 15) is 9.59 Å². The standard InChI is InChI=1S/C18H29N3O4/c1-12-15(8-9-16(22)23)13(2)21(19-12)14-7-6-10-20(11-14)17(24)25-18(3,4)5/h14H,6-11H2,1-5H3,(H,22,23). The Bertz CT molecular complexity index is 645. The Balaban J connectivity index is 2.12. The highest BCUT2D eigenvalue weighted by molar-refractivity contribution is 5.68. The fourth-order valence-electron chi connectivity index (χ4n) is 3.29. The number of carboxylic acid groups (broad SMARTS) is 1. The number of aliphatic carboxylic acids is 1. The molecule has 1 N–H and O–H groups in total. The van der Waals surface area contributed by atoms with Gasteiger partial charge >= 0.3 is 12.1 Å². The van der Waals surface area contributed by atoms with E-state index in [4.69, 9.17) is 9.84 Å². The Hall–Kier alpha value is -2.05. The summed E-state index contributed by atoms with van der Waals surface area (Å²) < 4.78 is 7.44. The minimum absolute atomic E-state index is 0.0959. The van der Waals surface area contributed by atoms with Crippen molar-refractivity contribution in [2.24, 2.45) is 0 Å². The summed E-state index contributed by atoms with van der Waals surface area (Å²) in [7, 11) is 0. The normalized spacial score (nSPS) is 18.3. The average molecular weight is 351 g/mol. The molecule has 2 rings (SSSR count). The van der Waals surface area contributed by atoms with E-state index in [0.29, 0.717) is 19.5 Å². The second kappa shape index (κ2) is 7.45. The SMILES string of the molecule is Cc1nn(C2CCCN(C(=O)OC(C)(C)C)C2)c(C)c1CCC(=O)O. The highest BCUT2D eigenvalue weighted by atomic mass is 16.6. The van der Waals surface area contributed by atoms with Crippen molar-refractivity contribution >= 4 is 12.1 Å². The van der Waals surface area contributed by atoms with Crippen molar-refractivity contribution < 1.29 is 19.4 Å². The fourth-order valence-corrected chi connectivity index (χ4v) is 3.29. The lowest BCUT2D eigenvalue weighted by atomic mass is 10.0. The van der Waals surface area contributed by atoms with Gasteiger partial charge in [0.1, 0.15) is 5.60 Å². The van der Waals surface area contributed by atoms with Crippen LogP contribution in [0.15, 0.2) is 0 Å². The molecule has 0 bridgehead atoms. The number of carbonyl (C=O) groups is 2. The van der Waals surface area contributed by atoms with Crippen molar-refractivity contribution in [3.05, 3.63) is 17.0 Å². The lowest BCUT2D eigenvalue weighted by molar-refractivity contribution is -0.136. The molecular weight excluding hydrogens is 322 g/mol. The molecule has 140 valence electrons. The van der Waals surface area contributed by atoms with Crippen LogP contribution in [0.25, 0.3) is 0 Å². The third kappa shape index (κ3) is 4.96. The number of hydrogen-bond donors (Lipinski definition) is 1. The molecule has 0 aliphatic carbocycles. The molecule has 0 aromatic carbocycles. The van der Waals surface area contributed by atoms with Crippen LogP contribution < -0.4 is 0 Å². The minimum Gasteiger partial charge on any atom is -0.481 e. The Morgan fingerprint density at radius 1 is 1.32 bits per heavy atom. The number of aromatic nitrogens is 2. The van der Waals surface area contributed by atoms with E-state index in [2.05, 4.69) is 5.10 Å². The predicted octanol–water partition coefficient (Wildman–Crippen LogP) is 3.09. The number of nitrogens with zero attached hydrogens (tertiary/aromatic N) is 3. The summed E-state index contributed by atoms with van der Waals surface area (Å²) >= 11 is 0. The first-order valence-electron chi connectivity index (χ1n) is 8.83. The van der Waals surface area contributed by atoms with E-state index in [0.717, 1.165) is 29.8 Å². The Morgan fingerprint density at radius 2 is 2.00 bits per heavy atom. The maximum absolute atomic E-state index is 12.3. The number of amides is 1. The quantitative estimate of drug-likeness (QED) is 0.901. The van der Waals surface area contributed by atoms with Crippen molar-refractivity contribution in [3.63, 3.8) is 0 Å². The van der Waals surface area contributed by atoms with E-state index >= 15 is 0 Å². The van der Waals surface area contributed by atoms with E-state index in [1.807, 2.05) is 39.3 Å². The van der Waals surface area contributed by atoms with Gasteiger partial charge in [-0.15, -0.1) is 0 Å². The molecule has 1 aromatic rings. The van der Waals surface area contributed by atoms with E-state index in [-0.39, 0.29) is 18.6 Å². The summed E-state index contributed by atoms with van der Waals surface area (Å²) in [5.41, 5.74) is 2.35. The lowest BCUT2D eigenvalue weighted by Crippen LogP contribution is -2.43. The van der Waals surface area contributed by atoms with Gasteiger partial charge < -0.3 is 14.7 Å². The van der Waals surface area contributed by atoms with Crippen LogP contribution in [0.5, 0.6) is 0 Å². The molecule has 1 unspecified atom stereocenters. The largest absolute Gasteiger partial charge is 0.481 e.